The summed E-state index contributed by atoms with van der Waals surface area (Å²) in [5, 5.41) is 15.7. The van der Waals surface area contributed by atoms with Gasteiger partial charge in [0.15, 0.2) is 0 Å². The van der Waals surface area contributed by atoms with E-state index < -0.39 is 29.9 Å². The molecule has 2 aromatic carbocycles. The Kier molecular flexibility index (Phi) is 20.2. The number of ether oxygens (including phenoxy) is 4. The van der Waals surface area contributed by atoms with Crippen LogP contribution in [0.1, 0.15) is 70.1 Å². The standard InChI is InChI=1S/C41H60N6O10/c1-28(2)25-37(50)46-26-30-9-5-6-10-31(30)39(42)40(32-11-7-8-12-35(32)46)47(43)16-18-55-20-22-57-24-23-56-21-19-54-17-15-36(49)44-33(13-14-38(51)52)41(53)45-34(27-48)29(3)4/h5-12,27-29,33-34H,13-26,42-43H2,1-4H3,(H,44,49)(H,45,53)(H,51,52)/b40-39-. The highest BCUT2D eigenvalue weighted by molar-refractivity contribution is 6.01. The van der Waals surface area contributed by atoms with E-state index in [-0.39, 0.29) is 56.8 Å². The van der Waals surface area contributed by atoms with E-state index in [9.17, 15) is 24.0 Å². The summed E-state index contributed by atoms with van der Waals surface area (Å²) in [4.78, 5) is 62.6. The fraction of sp³-hybridized carbons (Fsp3) is 0.537. The van der Waals surface area contributed by atoms with E-state index in [0.29, 0.717) is 70.2 Å². The first-order chi connectivity index (χ1) is 27.3. The maximum atomic E-state index is 13.5. The first-order valence-corrected chi connectivity index (χ1v) is 19.4. The van der Waals surface area contributed by atoms with Crippen LogP contribution in [0.15, 0.2) is 48.5 Å². The van der Waals surface area contributed by atoms with Crippen molar-refractivity contribution in [2.45, 2.75) is 72.0 Å². The molecule has 0 spiro atoms. The van der Waals surface area contributed by atoms with E-state index in [1.807, 2.05) is 67.3 Å². The van der Waals surface area contributed by atoms with E-state index in [0.717, 1.165) is 22.4 Å². The van der Waals surface area contributed by atoms with Crippen LogP contribution in [-0.4, -0.2) is 112 Å². The van der Waals surface area contributed by atoms with Gasteiger partial charge in [-0.3, -0.25) is 19.2 Å². The molecule has 0 aromatic heterocycles. The topological polar surface area (TPSA) is 225 Å². The SMILES string of the molecule is CC(C)CC(=O)N1Cc2ccccc2/C(N)=C(/N(N)CCOCCOCCOCCOCCC(=O)NC(CCC(=O)O)C(=O)NC(C=O)C(C)C)c2ccccc21. The zero-order valence-corrected chi connectivity index (χ0v) is 33.6. The second-order valence-electron chi connectivity index (χ2n) is 14.4. The van der Waals surface area contributed by atoms with Crippen LogP contribution in [0, 0.1) is 11.8 Å². The first-order valence-electron chi connectivity index (χ1n) is 19.4. The molecular weight excluding hydrogens is 736 g/mol. The lowest BCUT2D eigenvalue weighted by Gasteiger charge is -2.33. The number of nitrogens with one attached hydrogen (secondary N) is 2. The van der Waals surface area contributed by atoms with Crippen molar-refractivity contribution in [3.8, 4) is 0 Å². The molecule has 1 aliphatic heterocycles. The molecule has 57 heavy (non-hydrogen) atoms. The molecule has 3 rings (SSSR count). The third-order valence-electron chi connectivity index (χ3n) is 9.05. The summed E-state index contributed by atoms with van der Waals surface area (Å²) >= 11 is 0. The lowest BCUT2D eigenvalue weighted by molar-refractivity contribution is -0.138. The van der Waals surface area contributed by atoms with E-state index >= 15 is 0 Å². The van der Waals surface area contributed by atoms with E-state index in [4.69, 9.17) is 35.6 Å². The molecule has 0 saturated heterocycles. The predicted octanol–water partition coefficient (Wildman–Crippen LogP) is 2.69. The smallest absolute Gasteiger partial charge is 0.303 e. The molecule has 16 nitrogen and oxygen atoms in total. The molecule has 0 bridgehead atoms. The molecule has 3 amide bonds. The number of hydrazine groups is 1. The maximum absolute atomic E-state index is 13.5. The summed E-state index contributed by atoms with van der Waals surface area (Å²) in [5.41, 5.74) is 11.2. The lowest BCUT2D eigenvalue weighted by Crippen LogP contribution is -2.51. The van der Waals surface area contributed by atoms with Gasteiger partial charge in [0, 0.05) is 30.4 Å². The number of aldehydes is 1. The molecule has 2 aromatic rings. The van der Waals surface area contributed by atoms with Gasteiger partial charge in [0.1, 0.15) is 12.3 Å². The molecule has 0 saturated carbocycles. The minimum atomic E-state index is -1.11. The van der Waals surface area contributed by atoms with Gasteiger partial charge in [-0.2, -0.15) is 0 Å². The second kappa shape index (κ2) is 24.7. The van der Waals surface area contributed by atoms with Gasteiger partial charge in [-0.1, -0.05) is 70.2 Å². The molecule has 1 heterocycles. The highest BCUT2D eigenvalue weighted by Crippen LogP contribution is 2.37. The zero-order chi connectivity index (χ0) is 41.7. The average molecular weight is 797 g/mol. The summed E-state index contributed by atoms with van der Waals surface area (Å²) < 4.78 is 22.4. The van der Waals surface area contributed by atoms with Crippen LogP contribution in [0.3, 0.4) is 0 Å². The number of carbonyl (C=O) groups excluding carboxylic acids is 4. The van der Waals surface area contributed by atoms with Crippen LogP contribution in [0.25, 0.3) is 11.4 Å². The van der Waals surface area contributed by atoms with Gasteiger partial charge in [-0.05, 0) is 29.9 Å². The monoisotopic (exact) mass is 796 g/mol. The minimum Gasteiger partial charge on any atom is -0.481 e. The van der Waals surface area contributed by atoms with E-state index in [2.05, 4.69) is 10.6 Å². The molecule has 2 atom stereocenters. The van der Waals surface area contributed by atoms with Gasteiger partial charge in [-0.15, -0.1) is 0 Å². The largest absolute Gasteiger partial charge is 0.481 e. The quantitative estimate of drug-likeness (QED) is 0.0400. The number of aliphatic carboxylic acids is 1. The van der Waals surface area contributed by atoms with Crippen molar-refractivity contribution in [1.82, 2.24) is 15.6 Å². The van der Waals surface area contributed by atoms with Crippen molar-refractivity contribution in [2.75, 3.05) is 64.3 Å². The molecule has 2 unspecified atom stereocenters. The van der Waals surface area contributed by atoms with Gasteiger partial charge < -0.3 is 55.1 Å². The van der Waals surface area contributed by atoms with Crippen molar-refractivity contribution >= 4 is 47.1 Å². The van der Waals surface area contributed by atoms with Gasteiger partial charge in [0.05, 0.1) is 89.1 Å². The fourth-order valence-corrected chi connectivity index (χ4v) is 5.98. The third kappa shape index (κ3) is 15.5. The highest BCUT2D eigenvalue weighted by Gasteiger charge is 2.29. The number of fused-ring (bicyclic) bond motifs is 2. The molecule has 0 radical (unpaired) electrons. The fourth-order valence-electron chi connectivity index (χ4n) is 5.98. The maximum Gasteiger partial charge on any atom is 0.303 e. The van der Waals surface area contributed by atoms with Crippen molar-refractivity contribution < 1.29 is 48.0 Å². The van der Waals surface area contributed by atoms with Gasteiger partial charge in [0.25, 0.3) is 0 Å². The zero-order valence-electron chi connectivity index (χ0n) is 33.6. The summed E-state index contributed by atoms with van der Waals surface area (Å²) in [6, 6.07) is 13.6. The minimum absolute atomic E-state index is 0.0276. The lowest BCUT2D eigenvalue weighted by atomic mass is 9.95. The second-order valence-corrected chi connectivity index (χ2v) is 14.4. The predicted molar refractivity (Wildman–Crippen MR) is 215 cm³/mol. The summed E-state index contributed by atoms with van der Waals surface area (Å²) in [5.74, 6) is 4.51. The number of rotatable bonds is 26. The Bertz CT molecular complexity index is 1650. The number of anilines is 1. The van der Waals surface area contributed by atoms with Crippen LogP contribution in [0.2, 0.25) is 0 Å². The van der Waals surface area contributed by atoms with Crippen LogP contribution >= 0.6 is 0 Å². The molecule has 0 fully saturated rings. The van der Waals surface area contributed by atoms with Crippen molar-refractivity contribution in [2.24, 2.45) is 23.4 Å². The van der Waals surface area contributed by atoms with Crippen LogP contribution in [-0.2, 0) is 49.5 Å². The van der Waals surface area contributed by atoms with Crippen LogP contribution < -0.4 is 27.1 Å². The molecule has 16 heteroatoms. The van der Waals surface area contributed by atoms with E-state index in [1.165, 1.54) is 0 Å². The number of carboxylic acids is 1. The number of hydrogen-bond donors (Lipinski definition) is 5. The van der Waals surface area contributed by atoms with Crippen molar-refractivity contribution in [1.29, 1.82) is 0 Å². The number of carboxylic acid groups (broad SMARTS) is 1. The van der Waals surface area contributed by atoms with E-state index in [1.54, 1.807) is 18.9 Å². The number of hydrogen-bond acceptors (Lipinski definition) is 12. The molecule has 1 aliphatic rings. The molecule has 0 aliphatic carbocycles. The number of carbonyl (C=O) groups is 5. The summed E-state index contributed by atoms with van der Waals surface area (Å²) in [6.07, 6.45) is 0.524. The van der Waals surface area contributed by atoms with Crippen LogP contribution in [0.5, 0.6) is 0 Å². The van der Waals surface area contributed by atoms with Crippen LogP contribution in [0.4, 0.5) is 5.69 Å². The van der Waals surface area contributed by atoms with Gasteiger partial charge in [-0.25, -0.2) is 5.84 Å². The third-order valence-corrected chi connectivity index (χ3v) is 9.05. The number of amides is 3. The number of benzene rings is 2. The average Bonchev–Trinajstić information content (AvgIpc) is 3.17. The molecular formula is C41H60N6O10. The molecule has 314 valence electrons. The summed E-state index contributed by atoms with van der Waals surface area (Å²) in [6.45, 7) is 10.5. The first kappa shape index (κ1) is 46.5. The normalized spacial score (nSPS) is 14.9. The van der Waals surface area contributed by atoms with Crippen molar-refractivity contribution in [3.05, 3.63) is 65.2 Å². The highest BCUT2D eigenvalue weighted by atomic mass is 16.6. The number of para-hydroxylation sites is 1. The Labute approximate surface area is 335 Å². The Morgan fingerprint density at radius 1 is 0.825 bits per heavy atom. The Hall–Kier alpha value is -4.87. The van der Waals surface area contributed by atoms with Gasteiger partial charge in [0.2, 0.25) is 17.7 Å². The van der Waals surface area contributed by atoms with Crippen molar-refractivity contribution in [3.63, 3.8) is 0 Å². The Balaban J connectivity index is 1.35. The Morgan fingerprint density at radius 2 is 1.40 bits per heavy atom. The molecule has 7 N–H and O–H groups in total. The Morgan fingerprint density at radius 3 is 2.00 bits per heavy atom. The number of nitrogens with two attached hydrogens (primary N) is 2. The summed E-state index contributed by atoms with van der Waals surface area (Å²) in [7, 11) is 0. The van der Waals surface area contributed by atoms with Gasteiger partial charge >= 0.3 is 5.97 Å². The number of nitrogens with zero attached hydrogens (tertiary/aromatic N) is 2.